The van der Waals surface area contributed by atoms with Gasteiger partial charge in [0.15, 0.2) is 0 Å². The van der Waals surface area contributed by atoms with Gasteiger partial charge in [0.05, 0.1) is 5.01 Å². The molecule has 19 heavy (non-hydrogen) atoms. The van der Waals surface area contributed by atoms with E-state index in [-0.39, 0.29) is 5.91 Å². The van der Waals surface area contributed by atoms with Crippen LogP contribution in [0.25, 0.3) is 10.9 Å². The SMILES string of the molecule is O=C(NCCc1nccs1)c1cccc2[nH]ccc12. The van der Waals surface area contributed by atoms with Crippen molar-refractivity contribution in [2.45, 2.75) is 6.42 Å². The summed E-state index contributed by atoms with van der Waals surface area (Å²) in [6, 6.07) is 7.61. The van der Waals surface area contributed by atoms with Gasteiger partial charge in [-0.15, -0.1) is 11.3 Å². The quantitative estimate of drug-likeness (QED) is 0.766. The van der Waals surface area contributed by atoms with Gasteiger partial charge in [-0.3, -0.25) is 4.79 Å². The van der Waals surface area contributed by atoms with Gasteiger partial charge in [-0.2, -0.15) is 0 Å². The summed E-state index contributed by atoms with van der Waals surface area (Å²) in [6.45, 7) is 0.604. The van der Waals surface area contributed by atoms with Crippen LogP contribution in [-0.2, 0) is 6.42 Å². The predicted molar refractivity (Wildman–Crippen MR) is 76.4 cm³/mol. The number of thiazole rings is 1. The number of aromatic nitrogens is 2. The highest BCUT2D eigenvalue weighted by Gasteiger charge is 2.09. The number of H-pyrrole nitrogens is 1. The van der Waals surface area contributed by atoms with Gasteiger partial charge >= 0.3 is 0 Å². The van der Waals surface area contributed by atoms with E-state index in [9.17, 15) is 4.79 Å². The number of hydrogen-bond donors (Lipinski definition) is 2. The van der Waals surface area contributed by atoms with E-state index in [2.05, 4.69) is 15.3 Å². The fourth-order valence-electron chi connectivity index (χ4n) is 2.04. The van der Waals surface area contributed by atoms with Crippen LogP contribution in [0.1, 0.15) is 15.4 Å². The summed E-state index contributed by atoms with van der Waals surface area (Å²) >= 11 is 1.61. The second-order valence-corrected chi connectivity index (χ2v) is 5.16. The fraction of sp³-hybridized carbons (Fsp3) is 0.143. The monoisotopic (exact) mass is 271 g/mol. The van der Waals surface area contributed by atoms with Crippen LogP contribution in [0.5, 0.6) is 0 Å². The number of fused-ring (bicyclic) bond motifs is 1. The predicted octanol–water partition coefficient (Wildman–Crippen LogP) is 2.60. The molecule has 2 N–H and O–H groups in total. The molecular formula is C14H13N3OS. The third kappa shape index (κ3) is 2.51. The van der Waals surface area contributed by atoms with Crippen molar-refractivity contribution in [3.8, 4) is 0 Å². The highest BCUT2D eigenvalue weighted by molar-refractivity contribution is 7.09. The minimum Gasteiger partial charge on any atom is -0.361 e. The number of aromatic amines is 1. The van der Waals surface area contributed by atoms with Crippen LogP contribution in [0, 0.1) is 0 Å². The van der Waals surface area contributed by atoms with Crippen LogP contribution in [0.4, 0.5) is 0 Å². The average Bonchev–Trinajstić information content (AvgIpc) is 3.08. The molecule has 0 aliphatic rings. The molecule has 2 aromatic heterocycles. The Hall–Kier alpha value is -2.14. The summed E-state index contributed by atoms with van der Waals surface area (Å²) in [5, 5.41) is 6.87. The number of benzene rings is 1. The zero-order valence-electron chi connectivity index (χ0n) is 10.2. The maximum Gasteiger partial charge on any atom is 0.251 e. The van der Waals surface area contributed by atoms with E-state index in [0.717, 1.165) is 22.3 Å². The lowest BCUT2D eigenvalue weighted by atomic mass is 10.1. The van der Waals surface area contributed by atoms with Gasteiger partial charge in [-0.05, 0) is 18.2 Å². The molecular weight excluding hydrogens is 258 g/mol. The molecule has 0 aliphatic heterocycles. The van der Waals surface area contributed by atoms with Gasteiger partial charge in [-0.1, -0.05) is 6.07 Å². The Kier molecular flexibility index (Phi) is 3.29. The zero-order chi connectivity index (χ0) is 13.1. The van der Waals surface area contributed by atoms with Crippen molar-refractivity contribution in [3.63, 3.8) is 0 Å². The third-order valence-corrected chi connectivity index (χ3v) is 3.79. The highest BCUT2D eigenvalue weighted by atomic mass is 32.1. The maximum absolute atomic E-state index is 12.1. The van der Waals surface area contributed by atoms with Gasteiger partial charge in [0, 0.05) is 47.2 Å². The Balaban J connectivity index is 1.68. The zero-order valence-corrected chi connectivity index (χ0v) is 11.0. The molecule has 0 bridgehead atoms. The molecule has 0 aliphatic carbocycles. The molecule has 1 amide bonds. The second-order valence-electron chi connectivity index (χ2n) is 4.18. The van der Waals surface area contributed by atoms with Crippen LogP contribution >= 0.6 is 11.3 Å². The molecule has 0 saturated carbocycles. The van der Waals surface area contributed by atoms with Gasteiger partial charge in [0.2, 0.25) is 0 Å². The molecule has 96 valence electrons. The van der Waals surface area contributed by atoms with Crippen LogP contribution in [0.2, 0.25) is 0 Å². The summed E-state index contributed by atoms with van der Waals surface area (Å²) in [6.07, 6.45) is 4.39. The number of rotatable bonds is 4. The number of hydrogen-bond acceptors (Lipinski definition) is 3. The smallest absolute Gasteiger partial charge is 0.251 e. The van der Waals surface area contributed by atoms with E-state index in [1.165, 1.54) is 0 Å². The van der Waals surface area contributed by atoms with Gasteiger partial charge < -0.3 is 10.3 Å². The molecule has 1 aromatic carbocycles. The number of carbonyl (C=O) groups is 1. The van der Waals surface area contributed by atoms with Crippen molar-refractivity contribution in [3.05, 3.63) is 52.6 Å². The topological polar surface area (TPSA) is 57.8 Å². The molecule has 0 fully saturated rings. The maximum atomic E-state index is 12.1. The lowest BCUT2D eigenvalue weighted by molar-refractivity contribution is 0.0956. The van der Waals surface area contributed by atoms with Gasteiger partial charge in [-0.25, -0.2) is 4.98 Å². The van der Waals surface area contributed by atoms with Crippen molar-refractivity contribution in [1.29, 1.82) is 0 Å². The lowest BCUT2D eigenvalue weighted by Crippen LogP contribution is -2.25. The second kappa shape index (κ2) is 5.24. The number of nitrogens with zero attached hydrogens (tertiary/aromatic N) is 1. The highest BCUT2D eigenvalue weighted by Crippen LogP contribution is 2.17. The number of amides is 1. The molecule has 2 heterocycles. The Labute approximate surface area is 114 Å². The van der Waals surface area contributed by atoms with Crippen molar-refractivity contribution >= 4 is 28.1 Å². The van der Waals surface area contributed by atoms with Crippen molar-refractivity contribution in [2.75, 3.05) is 6.54 Å². The third-order valence-electron chi connectivity index (χ3n) is 2.95. The molecule has 0 atom stereocenters. The standard InChI is InChI=1S/C14H13N3OS/c18-14(17-7-5-13-16-8-9-19-13)11-2-1-3-12-10(11)4-6-15-12/h1-4,6,8-9,15H,5,7H2,(H,17,18). The van der Waals surface area contributed by atoms with E-state index < -0.39 is 0 Å². The molecule has 4 nitrogen and oxygen atoms in total. The van der Waals surface area contributed by atoms with Crippen LogP contribution < -0.4 is 5.32 Å². The molecule has 0 saturated heterocycles. The summed E-state index contributed by atoms with van der Waals surface area (Å²) < 4.78 is 0. The first-order chi connectivity index (χ1) is 9.34. The minimum absolute atomic E-state index is 0.0400. The number of nitrogens with one attached hydrogen (secondary N) is 2. The van der Waals surface area contributed by atoms with Crippen molar-refractivity contribution < 1.29 is 4.79 Å². The molecule has 0 radical (unpaired) electrons. The van der Waals surface area contributed by atoms with E-state index in [1.807, 2.05) is 35.8 Å². The Morgan fingerprint density at radius 1 is 1.37 bits per heavy atom. The van der Waals surface area contributed by atoms with Crippen LogP contribution in [0.15, 0.2) is 42.0 Å². The number of carbonyl (C=O) groups excluding carboxylic acids is 1. The Morgan fingerprint density at radius 2 is 2.32 bits per heavy atom. The van der Waals surface area contributed by atoms with Gasteiger partial charge in [0.25, 0.3) is 5.91 Å². The molecule has 3 rings (SSSR count). The normalized spacial score (nSPS) is 10.7. The van der Waals surface area contributed by atoms with Crippen molar-refractivity contribution in [1.82, 2.24) is 15.3 Å². The molecule has 0 spiro atoms. The lowest BCUT2D eigenvalue weighted by Gasteiger charge is -2.05. The largest absolute Gasteiger partial charge is 0.361 e. The first kappa shape index (κ1) is 11.9. The summed E-state index contributed by atoms with van der Waals surface area (Å²) in [5.74, 6) is -0.0400. The average molecular weight is 271 g/mol. The summed E-state index contributed by atoms with van der Waals surface area (Å²) in [4.78, 5) is 19.4. The van der Waals surface area contributed by atoms with Crippen LogP contribution in [-0.4, -0.2) is 22.4 Å². The molecule has 3 aromatic rings. The molecule has 0 unspecified atom stereocenters. The van der Waals surface area contributed by atoms with Crippen molar-refractivity contribution in [2.24, 2.45) is 0 Å². The first-order valence-electron chi connectivity index (χ1n) is 6.07. The summed E-state index contributed by atoms with van der Waals surface area (Å²) in [7, 11) is 0. The minimum atomic E-state index is -0.0400. The van der Waals surface area contributed by atoms with Gasteiger partial charge in [0.1, 0.15) is 0 Å². The van der Waals surface area contributed by atoms with E-state index in [4.69, 9.17) is 0 Å². The Bertz CT molecular complexity index is 688. The van der Waals surface area contributed by atoms with E-state index >= 15 is 0 Å². The summed E-state index contributed by atoms with van der Waals surface area (Å²) in [5.41, 5.74) is 1.69. The first-order valence-corrected chi connectivity index (χ1v) is 6.95. The fourth-order valence-corrected chi connectivity index (χ4v) is 2.66. The molecule has 5 heteroatoms. The van der Waals surface area contributed by atoms with Crippen LogP contribution in [0.3, 0.4) is 0 Å². The van der Waals surface area contributed by atoms with E-state index in [0.29, 0.717) is 12.1 Å². The Morgan fingerprint density at radius 3 is 3.16 bits per heavy atom. The van der Waals surface area contributed by atoms with E-state index in [1.54, 1.807) is 17.5 Å².